The fourth-order valence-corrected chi connectivity index (χ4v) is 5.98. The summed E-state index contributed by atoms with van der Waals surface area (Å²) >= 11 is 1.37. The normalized spacial score (nSPS) is 16.9. The Labute approximate surface area is 156 Å². The zero-order valence-corrected chi connectivity index (χ0v) is 16.1. The van der Waals surface area contributed by atoms with Crippen LogP contribution in [0.1, 0.15) is 18.2 Å². The topological polar surface area (TPSA) is 83.7 Å². The molecule has 0 amide bonds. The molecule has 0 aromatic carbocycles. The lowest BCUT2D eigenvalue weighted by Crippen LogP contribution is -2.35. The summed E-state index contributed by atoms with van der Waals surface area (Å²) < 4.78 is 29.5. The van der Waals surface area contributed by atoms with Gasteiger partial charge in [-0.2, -0.15) is 8.82 Å². The summed E-state index contributed by atoms with van der Waals surface area (Å²) in [5.41, 5.74) is 0.692. The number of thiophene rings is 1. The van der Waals surface area contributed by atoms with Gasteiger partial charge in [0.1, 0.15) is 16.4 Å². The van der Waals surface area contributed by atoms with Crippen molar-refractivity contribution in [2.75, 3.05) is 31.1 Å². The van der Waals surface area contributed by atoms with E-state index in [1.807, 2.05) is 25.1 Å². The van der Waals surface area contributed by atoms with E-state index in [-0.39, 0.29) is 0 Å². The van der Waals surface area contributed by atoms with Crippen molar-refractivity contribution in [2.24, 2.45) is 0 Å². The number of aryl methyl sites for hydroxylation is 1. The molecular weight excluding hydrogens is 372 g/mol. The van der Waals surface area contributed by atoms with Crippen LogP contribution in [0, 0.1) is 0 Å². The molecule has 0 unspecified atom stereocenters. The molecule has 10 heteroatoms. The summed E-state index contributed by atoms with van der Waals surface area (Å²) in [4.78, 5) is 3.20. The van der Waals surface area contributed by atoms with Crippen LogP contribution >= 0.6 is 11.3 Å². The molecule has 138 valence electrons. The van der Waals surface area contributed by atoms with Gasteiger partial charge in [0.2, 0.25) is 0 Å². The SMILES string of the molecule is CCc1ccc(S(=O)(=O)N2CCCN(c3ccc4nncn4n3)CC2)s1. The van der Waals surface area contributed by atoms with E-state index in [2.05, 4.69) is 20.2 Å². The van der Waals surface area contributed by atoms with Crippen molar-refractivity contribution < 1.29 is 8.42 Å². The van der Waals surface area contributed by atoms with Gasteiger partial charge >= 0.3 is 0 Å². The van der Waals surface area contributed by atoms with E-state index in [1.54, 1.807) is 21.2 Å². The lowest BCUT2D eigenvalue weighted by atomic mass is 10.4. The third-order valence-electron chi connectivity index (χ3n) is 4.51. The van der Waals surface area contributed by atoms with Gasteiger partial charge in [0.15, 0.2) is 5.65 Å². The van der Waals surface area contributed by atoms with E-state index in [0.29, 0.717) is 29.5 Å². The van der Waals surface area contributed by atoms with Gasteiger partial charge in [-0.25, -0.2) is 8.42 Å². The van der Waals surface area contributed by atoms with E-state index in [0.717, 1.165) is 30.1 Å². The number of hydrogen-bond donors (Lipinski definition) is 0. The van der Waals surface area contributed by atoms with Gasteiger partial charge in [0, 0.05) is 31.1 Å². The van der Waals surface area contributed by atoms with E-state index >= 15 is 0 Å². The molecular formula is C16H20N6O2S2. The van der Waals surface area contributed by atoms with Crippen molar-refractivity contribution in [3.05, 3.63) is 35.5 Å². The fraction of sp³-hybridized carbons (Fsp3) is 0.438. The van der Waals surface area contributed by atoms with Crippen LogP contribution in [-0.2, 0) is 16.4 Å². The van der Waals surface area contributed by atoms with Gasteiger partial charge in [0.05, 0.1) is 0 Å². The number of anilines is 1. The molecule has 3 aromatic heterocycles. The highest BCUT2D eigenvalue weighted by atomic mass is 32.2. The maximum absolute atomic E-state index is 12.9. The van der Waals surface area contributed by atoms with Crippen LogP contribution in [-0.4, -0.2) is 58.7 Å². The Kier molecular flexibility index (Phi) is 4.63. The molecule has 0 atom stereocenters. The van der Waals surface area contributed by atoms with Crippen LogP contribution in [0.15, 0.2) is 34.8 Å². The highest BCUT2D eigenvalue weighted by Gasteiger charge is 2.28. The predicted molar refractivity (Wildman–Crippen MR) is 100 cm³/mol. The van der Waals surface area contributed by atoms with Crippen molar-refractivity contribution in [2.45, 2.75) is 24.0 Å². The largest absolute Gasteiger partial charge is 0.354 e. The summed E-state index contributed by atoms with van der Waals surface area (Å²) in [6.45, 7) is 4.37. The summed E-state index contributed by atoms with van der Waals surface area (Å²) in [5, 5.41) is 12.3. The average Bonchev–Trinajstić information content (AvgIpc) is 3.25. The molecule has 3 aromatic rings. The molecule has 0 spiro atoms. The van der Waals surface area contributed by atoms with Crippen molar-refractivity contribution in [3.63, 3.8) is 0 Å². The first kappa shape index (κ1) is 17.4. The minimum Gasteiger partial charge on any atom is -0.354 e. The van der Waals surface area contributed by atoms with Gasteiger partial charge in [-0.1, -0.05) is 6.92 Å². The first-order chi connectivity index (χ1) is 12.6. The number of fused-ring (bicyclic) bond motifs is 1. The van der Waals surface area contributed by atoms with E-state index in [4.69, 9.17) is 0 Å². The Morgan fingerprint density at radius 2 is 2.00 bits per heavy atom. The van der Waals surface area contributed by atoms with Crippen LogP contribution in [0.25, 0.3) is 5.65 Å². The lowest BCUT2D eigenvalue weighted by molar-refractivity contribution is 0.434. The number of nitrogens with zero attached hydrogens (tertiary/aromatic N) is 6. The number of sulfonamides is 1. The second-order valence-corrected chi connectivity index (χ2v) is 9.48. The molecule has 8 nitrogen and oxygen atoms in total. The third kappa shape index (κ3) is 3.19. The van der Waals surface area contributed by atoms with Gasteiger partial charge in [-0.05, 0) is 37.1 Å². The van der Waals surface area contributed by atoms with Gasteiger partial charge < -0.3 is 4.90 Å². The highest BCUT2D eigenvalue weighted by molar-refractivity contribution is 7.91. The highest BCUT2D eigenvalue weighted by Crippen LogP contribution is 2.26. The third-order valence-corrected chi connectivity index (χ3v) is 8.10. The molecule has 1 aliphatic rings. The van der Waals surface area contributed by atoms with E-state index in [9.17, 15) is 8.42 Å². The van der Waals surface area contributed by atoms with E-state index in [1.165, 1.54) is 11.3 Å². The monoisotopic (exact) mass is 392 g/mol. The summed E-state index contributed by atoms with van der Waals surface area (Å²) in [6, 6.07) is 7.40. The first-order valence-corrected chi connectivity index (χ1v) is 10.8. The number of hydrogen-bond acceptors (Lipinski definition) is 7. The van der Waals surface area contributed by atoms with Crippen LogP contribution in [0.4, 0.5) is 5.82 Å². The Morgan fingerprint density at radius 1 is 1.12 bits per heavy atom. The summed E-state index contributed by atoms with van der Waals surface area (Å²) in [7, 11) is -3.43. The van der Waals surface area contributed by atoms with E-state index < -0.39 is 10.0 Å². The lowest BCUT2D eigenvalue weighted by Gasteiger charge is -2.22. The predicted octanol–water partition coefficient (Wildman–Crippen LogP) is 1.65. The van der Waals surface area contributed by atoms with Gasteiger partial charge in [0.25, 0.3) is 10.0 Å². The Bertz CT molecular complexity index is 1010. The van der Waals surface area contributed by atoms with Crippen molar-refractivity contribution in [3.8, 4) is 0 Å². The van der Waals surface area contributed by atoms with Crippen LogP contribution < -0.4 is 4.90 Å². The Morgan fingerprint density at radius 3 is 2.81 bits per heavy atom. The zero-order valence-electron chi connectivity index (χ0n) is 14.4. The molecule has 0 saturated carbocycles. The smallest absolute Gasteiger partial charge is 0.252 e. The fourth-order valence-electron chi connectivity index (χ4n) is 3.06. The zero-order chi connectivity index (χ0) is 18.1. The van der Waals surface area contributed by atoms with Crippen LogP contribution in [0.5, 0.6) is 0 Å². The standard InChI is InChI=1S/C16H20N6O2S2/c1-2-13-4-7-16(25-13)26(23,24)21-9-3-8-20(10-11-21)15-6-5-14-18-17-12-22(14)19-15/h4-7,12H,2-3,8-11H2,1H3. The van der Waals surface area contributed by atoms with Crippen molar-refractivity contribution in [1.82, 2.24) is 24.1 Å². The van der Waals surface area contributed by atoms with Crippen molar-refractivity contribution >= 4 is 32.8 Å². The summed E-state index contributed by atoms with van der Waals surface area (Å²) in [6.07, 6.45) is 3.17. The Hall–Kier alpha value is -2.04. The molecule has 4 heterocycles. The maximum Gasteiger partial charge on any atom is 0.252 e. The Balaban J connectivity index is 1.52. The quantitative estimate of drug-likeness (QED) is 0.671. The van der Waals surface area contributed by atoms with Crippen molar-refractivity contribution in [1.29, 1.82) is 0 Å². The molecule has 1 fully saturated rings. The molecule has 1 saturated heterocycles. The number of rotatable bonds is 4. The molecule has 0 radical (unpaired) electrons. The van der Waals surface area contributed by atoms with Gasteiger partial charge in [-0.3, -0.25) is 0 Å². The molecule has 0 N–H and O–H groups in total. The average molecular weight is 393 g/mol. The van der Waals surface area contributed by atoms with Crippen LogP contribution in [0.2, 0.25) is 0 Å². The first-order valence-electron chi connectivity index (χ1n) is 8.59. The van der Waals surface area contributed by atoms with Gasteiger partial charge in [-0.15, -0.1) is 26.6 Å². The number of aromatic nitrogens is 4. The second kappa shape index (κ2) is 6.93. The second-order valence-electron chi connectivity index (χ2n) is 6.14. The molecule has 26 heavy (non-hydrogen) atoms. The molecule has 4 rings (SSSR count). The minimum absolute atomic E-state index is 0.437. The minimum atomic E-state index is -3.43. The maximum atomic E-state index is 12.9. The molecule has 1 aliphatic heterocycles. The molecule has 0 bridgehead atoms. The van der Waals surface area contributed by atoms with Crippen LogP contribution in [0.3, 0.4) is 0 Å². The summed E-state index contributed by atoms with van der Waals surface area (Å²) in [5.74, 6) is 0.806. The molecule has 0 aliphatic carbocycles.